The molecule has 1 aromatic carbocycles. The van der Waals surface area contributed by atoms with Crippen LogP contribution in [0.1, 0.15) is 5.82 Å². The molecule has 0 bridgehead atoms. The van der Waals surface area contributed by atoms with E-state index in [0.29, 0.717) is 13.2 Å². The van der Waals surface area contributed by atoms with E-state index in [1.54, 1.807) is 4.68 Å². The molecule has 0 saturated heterocycles. The lowest BCUT2D eigenvalue weighted by Gasteiger charge is -2.19. The molecule has 0 spiro atoms. The van der Waals surface area contributed by atoms with Crippen molar-refractivity contribution in [3.63, 3.8) is 0 Å². The summed E-state index contributed by atoms with van der Waals surface area (Å²) in [5.41, 5.74) is 4.63. The highest BCUT2D eigenvalue weighted by Gasteiger charge is 2.16. The molecule has 0 fully saturated rings. The molecule has 1 aliphatic heterocycles. The molecule has 0 N–H and O–H groups in total. The molecule has 7 heteroatoms. The first-order chi connectivity index (χ1) is 12.7. The molecule has 5 rings (SSSR count). The van der Waals surface area contributed by atoms with E-state index in [-0.39, 0.29) is 0 Å². The van der Waals surface area contributed by atoms with Crippen molar-refractivity contribution in [3.8, 4) is 28.3 Å². The van der Waals surface area contributed by atoms with Gasteiger partial charge in [0.05, 0.1) is 11.9 Å². The molecular formula is C19H17N5O2. The number of benzene rings is 1. The molecule has 0 amide bonds. The zero-order valence-electron chi connectivity index (χ0n) is 14.5. The van der Waals surface area contributed by atoms with Gasteiger partial charge in [0.1, 0.15) is 24.6 Å². The maximum Gasteiger partial charge on any atom is 0.164 e. The highest BCUT2D eigenvalue weighted by Crippen LogP contribution is 2.33. The third kappa shape index (κ3) is 2.32. The van der Waals surface area contributed by atoms with Gasteiger partial charge in [-0.2, -0.15) is 5.10 Å². The summed E-state index contributed by atoms with van der Waals surface area (Å²) in [6, 6.07) is 7.94. The molecule has 26 heavy (non-hydrogen) atoms. The zero-order valence-corrected chi connectivity index (χ0v) is 14.5. The second-order valence-electron chi connectivity index (χ2n) is 6.29. The van der Waals surface area contributed by atoms with Crippen LogP contribution in [0.25, 0.3) is 28.0 Å². The molecule has 7 nitrogen and oxygen atoms in total. The minimum absolute atomic E-state index is 0.562. The van der Waals surface area contributed by atoms with Crippen LogP contribution in [0.15, 0.2) is 42.9 Å². The van der Waals surface area contributed by atoms with Gasteiger partial charge in [0.2, 0.25) is 0 Å². The van der Waals surface area contributed by atoms with Crippen molar-refractivity contribution in [1.29, 1.82) is 0 Å². The molecule has 0 radical (unpaired) electrons. The van der Waals surface area contributed by atoms with Crippen molar-refractivity contribution in [2.45, 2.75) is 6.92 Å². The number of fused-ring (bicyclic) bond motifs is 2. The summed E-state index contributed by atoms with van der Waals surface area (Å²) in [6.07, 6.45) is 5.65. The number of aromatic nitrogens is 5. The molecule has 4 heterocycles. The van der Waals surface area contributed by atoms with Crippen molar-refractivity contribution in [3.05, 3.63) is 48.7 Å². The molecule has 0 atom stereocenters. The van der Waals surface area contributed by atoms with Crippen LogP contribution in [0.3, 0.4) is 0 Å². The van der Waals surface area contributed by atoms with Gasteiger partial charge in [-0.3, -0.25) is 9.25 Å². The summed E-state index contributed by atoms with van der Waals surface area (Å²) in [5.74, 6) is 2.39. The lowest BCUT2D eigenvalue weighted by molar-refractivity contribution is 0.171. The number of pyridine rings is 1. The highest BCUT2D eigenvalue weighted by atomic mass is 16.6. The largest absolute Gasteiger partial charge is 0.486 e. The van der Waals surface area contributed by atoms with Crippen LogP contribution in [0.5, 0.6) is 11.5 Å². The van der Waals surface area contributed by atoms with Gasteiger partial charge in [-0.05, 0) is 25.1 Å². The van der Waals surface area contributed by atoms with E-state index in [1.807, 2.05) is 61.4 Å². The van der Waals surface area contributed by atoms with Gasteiger partial charge in [0, 0.05) is 36.6 Å². The van der Waals surface area contributed by atoms with Crippen molar-refractivity contribution >= 4 is 11.2 Å². The Bertz CT molecular complexity index is 1130. The van der Waals surface area contributed by atoms with Gasteiger partial charge in [-0.15, -0.1) is 0 Å². The van der Waals surface area contributed by atoms with E-state index < -0.39 is 0 Å². The molecule has 0 saturated carbocycles. The van der Waals surface area contributed by atoms with E-state index in [9.17, 15) is 0 Å². The van der Waals surface area contributed by atoms with Crippen LogP contribution >= 0.6 is 0 Å². The predicted molar refractivity (Wildman–Crippen MR) is 96.8 cm³/mol. The second-order valence-corrected chi connectivity index (χ2v) is 6.29. The number of imidazole rings is 1. The summed E-state index contributed by atoms with van der Waals surface area (Å²) < 4.78 is 15.1. The number of ether oxygens (including phenoxy) is 2. The van der Waals surface area contributed by atoms with Crippen molar-refractivity contribution < 1.29 is 9.47 Å². The standard InChI is InChI=1S/C19H17N5O2/c1-12-22-16-7-13(14-10-21-23(2)11-14)9-20-19(16)24(12)15-3-4-17-18(8-15)26-6-5-25-17/h3-4,7-11H,5-6H2,1-2H3. The summed E-state index contributed by atoms with van der Waals surface area (Å²) >= 11 is 0. The normalized spacial score (nSPS) is 13.3. The minimum atomic E-state index is 0.562. The lowest BCUT2D eigenvalue weighted by Crippen LogP contribution is -2.15. The first-order valence-corrected chi connectivity index (χ1v) is 8.43. The van der Waals surface area contributed by atoms with E-state index in [1.165, 1.54) is 0 Å². The topological polar surface area (TPSA) is 67.0 Å². The molecule has 3 aromatic heterocycles. The van der Waals surface area contributed by atoms with E-state index in [4.69, 9.17) is 14.5 Å². The van der Waals surface area contributed by atoms with E-state index >= 15 is 0 Å². The maximum atomic E-state index is 5.70. The number of aryl methyl sites for hydroxylation is 2. The second kappa shape index (κ2) is 5.59. The summed E-state index contributed by atoms with van der Waals surface area (Å²) in [4.78, 5) is 9.36. The Labute approximate surface area is 149 Å². The van der Waals surface area contributed by atoms with E-state index in [0.717, 1.165) is 45.3 Å². The summed E-state index contributed by atoms with van der Waals surface area (Å²) in [5, 5.41) is 4.22. The summed E-state index contributed by atoms with van der Waals surface area (Å²) in [6.45, 7) is 3.12. The Morgan fingerprint density at radius 2 is 1.85 bits per heavy atom. The Balaban J connectivity index is 1.63. The SMILES string of the molecule is Cc1nc2cc(-c3cnn(C)c3)cnc2n1-c1ccc2c(c1)OCCO2. The van der Waals surface area contributed by atoms with Crippen LogP contribution in [0.2, 0.25) is 0 Å². The Hall–Kier alpha value is -3.35. The Kier molecular flexibility index (Phi) is 3.21. The Morgan fingerprint density at radius 1 is 1.00 bits per heavy atom. The minimum Gasteiger partial charge on any atom is -0.486 e. The molecule has 0 aliphatic carbocycles. The van der Waals surface area contributed by atoms with Crippen molar-refractivity contribution in [2.24, 2.45) is 7.05 Å². The molecule has 4 aromatic rings. The fourth-order valence-corrected chi connectivity index (χ4v) is 3.29. The molecule has 0 unspecified atom stereocenters. The van der Waals surface area contributed by atoms with Gasteiger partial charge < -0.3 is 9.47 Å². The van der Waals surface area contributed by atoms with Gasteiger partial charge >= 0.3 is 0 Å². The fraction of sp³-hybridized carbons (Fsp3) is 0.211. The highest BCUT2D eigenvalue weighted by molar-refractivity contribution is 5.80. The number of hydrogen-bond donors (Lipinski definition) is 0. The van der Waals surface area contributed by atoms with Crippen molar-refractivity contribution in [2.75, 3.05) is 13.2 Å². The van der Waals surface area contributed by atoms with Crippen LogP contribution in [-0.4, -0.2) is 37.5 Å². The first-order valence-electron chi connectivity index (χ1n) is 8.43. The number of hydrogen-bond acceptors (Lipinski definition) is 5. The van der Waals surface area contributed by atoms with E-state index in [2.05, 4.69) is 10.1 Å². The third-order valence-corrected chi connectivity index (χ3v) is 4.49. The monoisotopic (exact) mass is 347 g/mol. The number of rotatable bonds is 2. The van der Waals surface area contributed by atoms with Crippen LogP contribution < -0.4 is 9.47 Å². The van der Waals surface area contributed by atoms with Gasteiger partial charge in [0.15, 0.2) is 17.1 Å². The fourth-order valence-electron chi connectivity index (χ4n) is 3.29. The quantitative estimate of drug-likeness (QED) is 0.558. The third-order valence-electron chi connectivity index (χ3n) is 4.49. The zero-order chi connectivity index (χ0) is 17.7. The van der Waals surface area contributed by atoms with Gasteiger partial charge in [-0.1, -0.05) is 0 Å². The summed E-state index contributed by atoms with van der Waals surface area (Å²) in [7, 11) is 1.90. The van der Waals surface area contributed by atoms with Crippen LogP contribution in [0, 0.1) is 6.92 Å². The molecule has 130 valence electrons. The smallest absolute Gasteiger partial charge is 0.164 e. The van der Waals surface area contributed by atoms with Gasteiger partial charge in [0.25, 0.3) is 0 Å². The average molecular weight is 347 g/mol. The molecule has 1 aliphatic rings. The maximum absolute atomic E-state index is 5.70. The first kappa shape index (κ1) is 14.9. The Morgan fingerprint density at radius 3 is 2.65 bits per heavy atom. The predicted octanol–water partition coefficient (Wildman–Crippen LogP) is 2.90. The number of nitrogens with zero attached hydrogens (tertiary/aromatic N) is 5. The van der Waals surface area contributed by atoms with Crippen LogP contribution in [0.4, 0.5) is 0 Å². The van der Waals surface area contributed by atoms with Crippen molar-refractivity contribution in [1.82, 2.24) is 24.3 Å². The van der Waals surface area contributed by atoms with Crippen LogP contribution in [-0.2, 0) is 7.05 Å². The molecular weight excluding hydrogens is 330 g/mol. The average Bonchev–Trinajstić information content (AvgIpc) is 3.23. The lowest BCUT2D eigenvalue weighted by atomic mass is 10.1. The van der Waals surface area contributed by atoms with Gasteiger partial charge in [-0.25, -0.2) is 9.97 Å².